The summed E-state index contributed by atoms with van der Waals surface area (Å²) < 4.78 is 24.3. The van der Waals surface area contributed by atoms with Crippen LogP contribution in [0.4, 0.5) is 4.39 Å². The summed E-state index contributed by atoms with van der Waals surface area (Å²) in [6.07, 6.45) is 5.48. The minimum atomic E-state index is -1.39. The van der Waals surface area contributed by atoms with E-state index in [-0.39, 0.29) is 40.6 Å². The number of rotatable bonds is 7. The SMILES string of the molecule is COCCOc1ncc(F)cc1C(=O)N[C@@H]1N=C(c2c(Cl)cc(Cl)cc2Cl)C2CC=CC=C2NC1=O. The molecule has 2 aromatic rings. The van der Waals surface area contributed by atoms with Crippen molar-refractivity contribution in [1.82, 2.24) is 15.6 Å². The molecular weight excluding hydrogens is 534 g/mol. The molecule has 1 unspecified atom stereocenters. The molecule has 12 heteroatoms. The second-order valence-corrected chi connectivity index (χ2v) is 9.06. The number of hydrogen-bond donors (Lipinski definition) is 2. The van der Waals surface area contributed by atoms with Crippen LogP contribution in [0.15, 0.2) is 53.3 Å². The van der Waals surface area contributed by atoms with E-state index in [0.717, 1.165) is 12.3 Å². The minimum Gasteiger partial charge on any atom is -0.475 e. The summed E-state index contributed by atoms with van der Waals surface area (Å²) in [5, 5.41) is 6.14. The van der Waals surface area contributed by atoms with Gasteiger partial charge in [0.2, 0.25) is 12.0 Å². The molecule has 2 N–H and O–H groups in total. The number of nitrogens with zero attached hydrogens (tertiary/aromatic N) is 2. The molecule has 0 radical (unpaired) electrons. The molecule has 2 amide bonds. The molecule has 0 saturated carbocycles. The molecular formula is C24H20Cl3FN4O4. The summed E-state index contributed by atoms with van der Waals surface area (Å²) in [4.78, 5) is 34.6. The molecule has 1 aromatic carbocycles. The first-order chi connectivity index (χ1) is 17.3. The fraction of sp³-hybridized carbons (Fsp3) is 0.250. The summed E-state index contributed by atoms with van der Waals surface area (Å²) in [6.45, 7) is 0.309. The van der Waals surface area contributed by atoms with Gasteiger partial charge in [-0.15, -0.1) is 0 Å². The van der Waals surface area contributed by atoms with Crippen LogP contribution in [-0.2, 0) is 9.53 Å². The molecule has 1 aliphatic carbocycles. The normalized spacial score (nSPS) is 19.0. The summed E-state index contributed by atoms with van der Waals surface area (Å²) in [5.74, 6) is -2.68. The van der Waals surface area contributed by atoms with E-state index in [1.807, 2.05) is 6.08 Å². The predicted octanol–water partition coefficient (Wildman–Crippen LogP) is 4.34. The molecule has 1 aliphatic heterocycles. The van der Waals surface area contributed by atoms with Crippen LogP contribution >= 0.6 is 34.8 Å². The average Bonchev–Trinajstić information content (AvgIpc) is 2.96. The topological polar surface area (TPSA) is 102 Å². The summed E-state index contributed by atoms with van der Waals surface area (Å²) >= 11 is 19.0. The van der Waals surface area contributed by atoms with E-state index in [2.05, 4.69) is 20.6 Å². The lowest BCUT2D eigenvalue weighted by atomic mass is 9.88. The van der Waals surface area contributed by atoms with Gasteiger partial charge in [0.1, 0.15) is 18.0 Å². The van der Waals surface area contributed by atoms with Gasteiger partial charge in [-0.1, -0.05) is 47.0 Å². The number of nitrogens with one attached hydrogen (secondary N) is 2. The Morgan fingerprint density at radius 2 is 1.97 bits per heavy atom. The highest BCUT2D eigenvalue weighted by atomic mass is 35.5. The second kappa shape index (κ2) is 11.4. The summed E-state index contributed by atoms with van der Waals surface area (Å²) in [5.41, 5.74) is 1.13. The number of carbonyl (C=O) groups is 2. The van der Waals surface area contributed by atoms with Crippen molar-refractivity contribution in [2.24, 2.45) is 10.9 Å². The highest BCUT2D eigenvalue weighted by Gasteiger charge is 2.35. The molecule has 2 heterocycles. The molecule has 0 spiro atoms. The number of ether oxygens (including phenoxy) is 2. The van der Waals surface area contributed by atoms with Gasteiger partial charge in [-0.3, -0.25) is 14.6 Å². The molecule has 0 bridgehead atoms. The number of benzene rings is 1. The van der Waals surface area contributed by atoms with Crippen LogP contribution in [0.1, 0.15) is 22.3 Å². The Kier molecular flexibility index (Phi) is 8.25. The van der Waals surface area contributed by atoms with Crippen molar-refractivity contribution in [3.63, 3.8) is 0 Å². The van der Waals surface area contributed by atoms with Crippen molar-refractivity contribution in [1.29, 1.82) is 0 Å². The van der Waals surface area contributed by atoms with E-state index < -0.39 is 23.8 Å². The van der Waals surface area contributed by atoms with Gasteiger partial charge < -0.3 is 20.1 Å². The number of pyridine rings is 1. The zero-order valence-corrected chi connectivity index (χ0v) is 21.1. The highest BCUT2D eigenvalue weighted by molar-refractivity contribution is 6.42. The van der Waals surface area contributed by atoms with Gasteiger partial charge in [-0.05, 0) is 30.7 Å². The third kappa shape index (κ3) is 5.70. The number of carbonyl (C=O) groups excluding carboxylic acids is 2. The zero-order valence-electron chi connectivity index (χ0n) is 18.9. The Balaban J connectivity index is 1.73. The number of amides is 2. The first-order valence-corrected chi connectivity index (χ1v) is 11.9. The molecule has 36 heavy (non-hydrogen) atoms. The van der Waals surface area contributed by atoms with Crippen LogP contribution < -0.4 is 15.4 Å². The third-order valence-corrected chi connectivity index (χ3v) is 6.21. The Bertz CT molecular complexity index is 1280. The van der Waals surface area contributed by atoms with E-state index in [4.69, 9.17) is 44.3 Å². The van der Waals surface area contributed by atoms with E-state index in [1.165, 1.54) is 19.2 Å². The zero-order chi connectivity index (χ0) is 25.8. The molecule has 0 fully saturated rings. The summed E-state index contributed by atoms with van der Waals surface area (Å²) in [7, 11) is 1.48. The van der Waals surface area contributed by atoms with Crippen LogP contribution in [-0.4, -0.2) is 49.0 Å². The first-order valence-electron chi connectivity index (χ1n) is 10.8. The Hall–Kier alpha value is -2.98. The highest BCUT2D eigenvalue weighted by Crippen LogP contribution is 2.35. The Morgan fingerprint density at radius 1 is 1.22 bits per heavy atom. The van der Waals surface area contributed by atoms with Gasteiger partial charge in [0.15, 0.2) is 0 Å². The van der Waals surface area contributed by atoms with Crippen molar-refractivity contribution in [3.05, 3.63) is 80.3 Å². The van der Waals surface area contributed by atoms with Gasteiger partial charge in [-0.25, -0.2) is 9.37 Å². The quantitative estimate of drug-likeness (QED) is 0.497. The fourth-order valence-corrected chi connectivity index (χ4v) is 4.78. The lowest BCUT2D eigenvalue weighted by molar-refractivity contribution is -0.122. The Labute approximate surface area is 221 Å². The maximum Gasteiger partial charge on any atom is 0.269 e. The molecule has 188 valence electrons. The van der Waals surface area contributed by atoms with E-state index in [1.54, 1.807) is 12.2 Å². The van der Waals surface area contributed by atoms with Gasteiger partial charge >= 0.3 is 0 Å². The molecule has 8 nitrogen and oxygen atoms in total. The lowest BCUT2D eigenvalue weighted by Gasteiger charge is -2.22. The van der Waals surface area contributed by atoms with Crippen molar-refractivity contribution in [3.8, 4) is 5.88 Å². The standard InChI is InChI=1S/C24H20Cl3FN4O4/c1-35-6-7-36-24-15(10-13(28)11-29-24)22(33)32-21-23(34)30-18-5-3-2-4-14(18)20(31-21)19-16(26)8-12(25)9-17(19)27/h2-3,5,8-11,14,21H,4,6-7H2,1H3,(H,30,34)(H,32,33)/t14?,21-/m0/s1. The lowest BCUT2D eigenvalue weighted by Crippen LogP contribution is -2.44. The Morgan fingerprint density at radius 3 is 2.69 bits per heavy atom. The van der Waals surface area contributed by atoms with Crippen LogP contribution in [0, 0.1) is 11.7 Å². The largest absolute Gasteiger partial charge is 0.475 e. The van der Waals surface area contributed by atoms with Gasteiger partial charge in [0.25, 0.3) is 11.8 Å². The van der Waals surface area contributed by atoms with Crippen molar-refractivity contribution in [2.75, 3.05) is 20.3 Å². The van der Waals surface area contributed by atoms with E-state index >= 15 is 0 Å². The van der Waals surface area contributed by atoms with Gasteiger partial charge in [-0.2, -0.15) is 0 Å². The van der Waals surface area contributed by atoms with Gasteiger partial charge in [0, 0.05) is 29.3 Å². The van der Waals surface area contributed by atoms with Crippen molar-refractivity contribution < 1.29 is 23.5 Å². The third-order valence-electron chi connectivity index (χ3n) is 5.39. The number of allylic oxidation sites excluding steroid dienone is 4. The predicted molar refractivity (Wildman–Crippen MR) is 134 cm³/mol. The molecule has 1 aromatic heterocycles. The number of hydrogen-bond acceptors (Lipinski definition) is 6. The maximum absolute atomic E-state index is 13.9. The molecule has 4 rings (SSSR count). The van der Waals surface area contributed by atoms with Crippen LogP contribution in [0.3, 0.4) is 0 Å². The second-order valence-electron chi connectivity index (χ2n) is 7.81. The fourth-order valence-electron chi connectivity index (χ4n) is 3.77. The smallest absolute Gasteiger partial charge is 0.269 e. The first kappa shape index (κ1) is 26.1. The van der Waals surface area contributed by atoms with E-state index in [0.29, 0.717) is 28.4 Å². The average molecular weight is 554 g/mol. The molecule has 2 aliphatic rings. The monoisotopic (exact) mass is 552 g/mol. The number of aliphatic imine (C=N–C) groups is 1. The minimum absolute atomic E-state index is 0.0814. The van der Waals surface area contributed by atoms with Crippen LogP contribution in [0.5, 0.6) is 5.88 Å². The number of aromatic nitrogens is 1. The summed E-state index contributed by atoms with van der Waals surface area (Å²) in [6, 6.07) is 4.00. The molecule has 2 atom stereocenters. The van der Waals surface area contributed by atoms with Crippen LogP contribution in [0.2, 0.25) is 15.1 Å². The number of halogens is 4. The number of fused-ring (bicyclic) bond motifs is 1. The molecule has 0 saturated heterocycles. The van der Waals surface area contributed by atoms with Crippen molar-refractivity contribution >= 4 is 52.3 Å². The number of methoxy groups -OCH3 is 1. The van der Waals surface area contributed by atoms with E-state index in [9.17, 15) is 14.0 Å². The van der Waals surface area contributed by atoms with Gasteiger partial charge in [0.05, 0.1) is 28.6 Å². The maximum atomic E-state index is 13.9. The van der Waals surface area contributed by atoms with Crippen molar-refractivity contribution in [2.45, 2.75) is 12.6 Å². The van der Waals surface area contributed by atoms with Crippen LogP contribution in [0.25, 0.3) is 0 Å².